The van der Waals surface area contributed by atoms with E-state index in [2.05, 4.69) is 47.3 Å². The van der Waals surface area contributed by atoms with E-state index in [1.165, 1.54) is 24.3 Å². The van der Waals surface area contributed by atoms with Crippen molar-refractivity contribution in [2.45, 2.75) is 0 Å². The van der Waals surface area contributed by atoms with Crippen LogP contribution in [-0.2, 0) is 0 Å². The fraction of sp³-hybridized carbons (Fsp3) is 0. The second-order valence-electron chi connectivity index (χ2n) is 18.0. The third kappa shape index (κ3) is 7.98. The second kappa shape index (κ2) is 18.6. The molecule has 0 aromatic heterocycles. The standard InChI is InChI=1S/C66H38F4N4/c1-72-48-13-11-15-50(39-48)74(52-37-46(55-18-4-8-22-61(55)69)34-47(38-52)56-19-5-9-23-62(56)70)64-31-27-43-24-28-57-63(30-26-42-25-29-58(64)66(43)65(42)57)73(49-14-10-12-41(32-49)40-71)51-35-44(53-16-2-6-20-59(53)67)33-45(36-51)54-17-3-7-21-60(54)68/h2-39H. The van der Waals surface area contributed by atoms with E-state index in [0.717, 1.165) is 43.7 Å². The minimum Gasteiger partial charge on any atom is -0.311 e. The third-order valence-corrected chi connectivity index (χ3v) is 13.6. The van der Waals surface area contributed by atoms with E-state index in [1.807, 2.05) is 70.5 Å². The summed E-state index contributed by atoms with van der Waals surface area (Å²) < 4.78 is 63.2. The van der Waals surface area contributed by atoms with Gasteiger partial charge in [0, 0.05) is 55.8 Å². The highest BCUT2D eigenvalue weighted by Crippen LogP contribution is 2.50. The maximum absolute atomic E-state index is 15.8. The maximum atomic E-state index is 15.8. The van der Waals surface area contributed by atoms with Gasteiger partial charge in [0.05, 0.1) is 29.6 Å². The number of hydrogen-bond acceptors (Lipinski definition) is 3. The van der Waals surface area contributed by atoms with E-state index in [0.29, 0.717) is 78.5 Å². The summed E-state index contributed by atoms with van der Waals surface area (Å²) in [4.78, 5) is 7.86. The van der Waals surface area contributed by atoms with E-state index < -0.39 is 23.3 Å². The van der Waals surface area contributed by atoms with Crippen LogP contribution in [0.5, 0.6) is 0 Å². The Labute approximate surface area is 424 Å². The van der Waals surface area contributed by atoms with E-state index in [-0.39, 0.29) is 0 Å². The number of hydrogen-bond donors (Lipinski definition) is 0. The molecular formula is C66H38F4N4. The van der Waals surface area contributed by atoms with Gasteiger partial charge in [0.25, 0.3) is 0 Å². The lowest BCUT2D eigenvalue weighted by Gasteiger charge is -2.30. The molecule has 12 aromatic carbocycles. The summed E-state index contributed by atoms with van der Waals surface area (Å²) in [7, 11) is 0. The first-order valence-corrected chi connectivity index (χ1v) is 23.8. The molecule has 8 heteroatoms. The highest BCUT2D eigenvalue weighted by atomic mass is 19.1. The minimum atomic E-state index is -0.432. The summed E-state index contributed by atoms with van der Waals surface area (Å²) >= 11 is 0. The summed E-state index contributed by atoms with van der Waals surface area (Å²) in [5, 5.41) is 15.7. The molecule has 4 nitrogen and oxygen atoms in total. The summed E-state index contributed by atoms with van der Waals surface area (Å²) in [5.74, 6) is -1.73. The molecule has 0 atom stereocenters. The zero-order chi connectivity index (χ0) is 50.5. The van der Waals surface area contributed by atoms with E-state index in [9.17, 15) is 5.26 Å². The van der Waals surface area contributed by atoms with Gasteiger partial charge in [-0.25, -0.2) is 22.4 Å². The average molecular weight is 963 g/mol. The second-order valence-corrected chi connectivity index (χ2v) is 18.0. The molecule has 0 N–H and O–H groups in total. The molecule has 0 amide bonds. The third-order valence-electron chi connectivity index (χ3n) is 13.6. The Morgan fingerprint density at radius 1 is 0.365 bits per heavy atom. The molecule has 350 valence electrons. The normalized spacial score (nSPS) is 11.2. The zero-order valence-electron chi connectivity index (χ0n) is 39.2. The number of anilines is 6. The van der Waals surface area contributed by atoms with Crippen LogP contribution < -0.4 is 9.80 Å². The van der Waals surface area contributed by atoms with Crippen molar-refractivity contribution >= 4 is 72.1 Å². The molecule has 0 radical (unpaired) electrons. The number of halogens is 4. The van der Waals surface area contributed by atoms with Gasteiger partial charge in [-0.1, -0.05) is 127 Å². The van der Waals surface area contributed by atoms with Gasteiger partial charge in [0.1, 0.15) is 23.3 Å². The van der Waals surface area contributed by atoms with Crippen molar-refractivity contribution in [1.82, 2.24) is 0 Å². The Balaban J connectivity index is 1.13. The molecule has 0 bridgehead atoms. The van der Waals surface area contributed by atoms with Crippen molar-refractivity contribution in [3.63, 3.8) is 0 Å². The van der Waals surface area contributed by atoms with Gasteiger partial charge in [-0.15, -0.1) is 0 Å². The fourth-order valence-corrected chi connectivity index (χ4v) is 10.3. The van der Waals surface area contributed by atoms with Crippen molar-refractivity contribution < 1.29 is 17.6 Å². The average Bonchev–Trinajstić information content (AvgIpc) is 3.44. The zero-order valence-corrected chi connectivity index (χ0v) is 39.2. The molecule has 0 aliphatic rings. The van der Waals surface area contributed by atoms with Gasteiger partial charge in [-0.3, -0.25) is 0 Å². The Morgan fingerprint density at radius 3 is 1.14 bits per heavy atom. The molecule has 0 saturated carbocycles. The number of nitrogens with zero attached hydrogens (tertiary/aromatic N) is 4. The van der Waals surface area contributed by atoms with Gasteiger partial charge in [0.15, 0.2) is 5.69 Å². The predicted octanol–water partition coefficient (Wildman–Crippen LogP) is 19.2. The van der Waals surface area contributed by atoms with E-state index in [1.54, 1.807) is 109 Å². The van der Waals surface area contributed by atoms with Crippen LogP contribution in [0.15, 0.2) is 231 Å². The van der Waals surface area contributed by atoms with Gasteiger partial charge in [-0.2, -0.15) is 5.26 Å². The highest BCUT2D eigenvalue weighted by Gasteiger charge is 2.25. The smallest absolute Gasteiger partial charge is 0.189 e. The SMILES string of the molecule is [C-]#[N+]c1cccc(N(c2cc(-c3ccccc3F)cc(-c3ccccc3F)c2)c2ccc3ccc4c(N(c5cccc(C#N)c5)c5cc(-c6ccccc6F)cc(-c6ccccc6F)c5)ccc5ccc2c3c54)c1. The molecule has 0 saturated heterocycles. The molecule has 0 spiro atoms. The Kier molecular flexibility index (Phi) is 11.4. The Morgan fingerprint density at radius 2 is 0.743 bits per heavy atom. The molecule has 74 heavy (non-hydrogen) atoms. The number of rotatable bonds is 10. The van der Waals surface area contributed by atoms with Crippen LogP contribution in [-0.4, -0.2) is 0 Å². The van der Waals surface area contributed by atoms with E-state index in [4.69, 9.17) is 6.57 Å². The van der Waals surface area contributed by atoms with Crippen molar-refractivity contribution in [2.75, 3.05) is 9.80 Å². The van der Waals surface area contributed by atoms with Gasteiger partial charge in [-0.05, 0) is 147 Å². The molecule has 12 aromatic rings. The molecule has 0 unspecified atom stereocenters. The van der Waals surface area contributed by atoms with Gasteiger partial charge >= 0.3 is 0 Å². The molecule has 0 fully saturated rings. The summed E-state index contributed by atoms with van der Waals surface area (Å²) in [6.07, 6.45) is 0. The quantitative estimate of drug-likeness (QED) is 0.0778. The highest BCUT2D eigenvalue weighted by molar-refractivity contribution is 6.28. The molecule has 0 aliphatic carbocycles. The maximum Gasteiger partial charge on any atom is 0.189 e. The first kappa shape index (κ1) is 45.1. The first-order chi connectivity index (χ1) is 36.2. The Bertz CT molecular complexity index is 3860. The van der Waals surface area contributed by atoms with Crippen LogP contribution in [0.3, 0.4) is 0 Å². The summed E-state index contributed by atoms with van der Waals surface area (Å²) in [6, 6.07) is 70.5. The molecule has 12 rings (SSSR count). The molecule has 0 aliphatic heterocycles. The van der Waals surface area contributed by atoms with Crippen LogP contribution in [0, 0.1) is 41.2 Å². The lowest BCUT2D eigenvalue weighted by molar-refractivity contribution is 0.630. The monoisotopic (exact) mass is 962 g/mol. The lowest BCUT2D eigenvalue weighted by Crippen LogP contribution is -2.12. The first-order valence-electron chi connectivity index (χ1n) is 23.8. The van der Waals surface area contributed by atoms with Crippen molar-refractivity contribution in [2.24, 2.45) is 0 Å². The topological polar surface area (TPSA) is 34.6 Å². The van der Waals surface area contributed by atoms with E-state index >= 15 is 17.6 Å². The number of nitriles is 1. The fourth-order valence-electron chi connectivity index (χ4n) is 10.3. The van der Waals surface area contributed by atoms with Gasteiger partial charge in [0.2, 0.25) is 0 Å². The van der Waals surface area contributed by atoms with Crippen molar-refractivity contribution in [3.8, 4) is 50.6 Å². The van der Waals surface area contributed by atoms with Crippen LogP contribution in [0.25, 0.3) is 81.7 Å². The van der Waals surface area contributed by atoms with Crippen molar-refractivity contribution in [1.29, 1.82) is 5.26 Å². The van der Waals surface area contributed by atoms with Crippen LogP contribution >= 0.6 is 0 Å². The minimum absolute atomic E-state index is 0.340. The number of benzene rings is 12. The molecular weight excluding hydrogens is 925 g/mol. The van der Waals surface area contributed by atoms with Crippen LogP contribution in [0.2, 0.25) is 0 Å². The predicted molar refractivity (Wildman–Crippen MR) is 292 cm³/mol. The lowest BCUT2D eigenvalue weighted by atomic mass is 9.91. The van der Waals surface area contributed by atoms with Crippen molar-refractivity contribution in [3.05, 3.63) is 271 Å². The molecule has 0 heterocycles. The van der Waals surface area contributed by atoms with Gasteiger partial charge < -0.3 is 9.80 Å². The summed E-state index contributed by atoms with van der Waals surface area (Å²) in [6.45, 7) is 8.01. The van der Waals surface area contributed by atoms with Crippen LogP contribution in [0.1, 0.15) is 5.56 Å². The Hall–Kier alpha value is -10.0. The summed E-state index contributed by atoms with van der Waals surface area (Å²) in [5.41, 5.74) is 8.32. The van der Waals surface area contributed by atoms with Crippen LogP contribution in [0.4, 0.5) is 57.4 Å². The largest absolute Gasteiger partial charge is 0.311 e.